The summed E-state index contributed by atoms with van der Waals surface area (Å²) in [7, 11) is 0. The van der Waals surface area contributed by atoms with E-state index in [1.807, 2.05) is 32.0 Å². The van der Waals surface area contributed by atoms with Gasteiger partial charge in [0.25, 0.3) is 0 Å². The molecule has 0 bridgehead atoms. The zero-order valence-corrected chi connectivity index (χ0v) is 13.1. The van der Waals surface area contributed by atoms with Gasteiger partial charge in [-0.15, -0.1) is 11.3 Å². The summed E-state index contributed by atoms with van der Waals surface area (Å²) in [4.78, 5) is 18.7. The van der Waals surface area contributed by atoms with Crippen LogP contribution in [0.2, 0.25) is 0 Å². The lowest BCUT2D eigenvalue weighted by atomic mass is 10.00. The second-order valence-corrected chi connectivity index (χ2v) is 6.48. The van der Waals surface area contributed by atoms with E-state index in [1.165, 1.54) is 0 Å². The van der Waals surface area contributed by atoms with Crippen LogP contribution >= 0.6 is 11.3 Å². The van der Waals surface area contributed by atoms with E-state index in [9.17, 15) is 4.79 Å². The fourth-order valence-corrected chi connectivity index (χ4v) is 3.21. The van der Waals surface area contributed by atoms with Crippen molar-refractivity contribution in [3.05, 3.63) is 35.7 Å². The Labute approximate surface area is 128 Å². The van der Waals surface area contributed by atoms with Crippen molar-refractivity contribution in [2.75, 3.05) is 18.0 Å². The van der Waals surface area contributed by atoms with Crippen LogP contribution in [0.15, 0.2) is 35.7 Å². The minimum absolute atomic E-state index is 0.0940. The van der Waals surface area contributed by atoms with Crippen molar-refractivity contribution in [3.63, 3.8) is 0 Å². The van der Waals surface area contributed by atoms with Gasteiger partial charge in [-0.1, -0.05) is 30.3 Å². The molecule has 1 fully saturated rings. The van der Waals surface area contributed by atoms with Crippen LogP contribution in [-0.2, 0) is 4.79 Å². The van der Waals surface area contributed by atoms with E-state index in [2.05, 4.69) is 32.7 Å². The Kier molecular flexibility index (Phi) is 3.92. The number of hydrogen-bond acceptors (Lipinski definition) is 4. The molecular weight excluding hydrogens is 282 g/mol. The molecule has 1 amide bonds. The molecule has 1 aliphatic rings. The minimum Gasteiger partial charge on any atom is -0.354 e. The number of nitrogens with one attached hydrogen (secondary N) is 1. The van der Waals surface area contributed by atoms with Gasteiger partial charge in [0.05, 0.1) is 11.6 Å². The molecule has 5 heteroatoms. The zero-order valence-electron chi connectivity index (χ0n) is 12.2. The van der Waals surface area contributed by atoms with Crippen molar-refractivity contribution in [1.29, 1.82) is 0 Å². The van der Waals surface area contributed by atoms with Gasteiger partial charge in [-0.05, 0) is 13.8 Å². The fraction of sp³-hybridized carbons (Fsp3) is 0.375. The van der Waals surface area contributed by atoms with Crippen LogP contribution in [0.4, 0.5) is 5.13 Å². The second-order valence-electron chi connectivity index (χ2n) is 5.65. The molecule has 2 aromatic rings. The lowest BCUT2D eigenvalue weighted by Crippen LogP contribution is -2.54. The first-order valence-corrected chi connectivity index (χ1v) is 8.07. The highest BCUT2D eigenvalue weighted by atomic mass is 32.1. The van der Waals surface area contributed by atoms with Crippen LogP contribution in [0.25, 0.3) is 11.3 Å². The van der Waals surface area contributed by atoms with Crippen LogP contribution in [0.1, 0.15) is 13.8 Å². The molecule has 1 N–H and O–H groups in total. The number of anilines is 1. The van der Waals surface area contributed by atoms with Crippen LogP contribution in [0, 0.1) is 5.92 Å². The normalized spacial score (nSPS) is 15.1. The number of hydrogen-bond donors (Lipinski definition) is 1. The van der Waals surface area contributed by atoms with Gasteiger partial charge in [0.15, 0.2) is 5.13 Å². The summed E-state index contributed by atoms with van der Waals surface area (Å²) < 4.78 is 0. The quantitative estimate of drug-likeness (QED) is 0.944. The maximum absolute atomic E-state index is 11.9. The summed E-state index contributed by atoms with van der Waals surface area (Å²) in [6.45, 7) is 5.50. The summed E-state index contributed by atoms with van der Waals surface area (Å²) >= 11 is 1.64. The summed E-state index contributed by atoms with van der Waals surface area (Å²) in [5.74, 6) is 0.248. The highest BCUT2D eigenvalue weighted by Crippen LogP contribution is 2.31. The SMILES string of the molecule is CC(C)NC(=O)C1CN(c2nc(-c3ccccc3)cs2)C1. The number of amides is 1. The number of nitrogens with zero attached hydrogens (tertiary/aromatic N) is 2. The molecule has 2 heterocycles. The fourth-order valence-electron chi connectivity index (χ4n) is 2.35. The summed E-state index contributed by atoms with van der Waals surface area (Å²) in [6, 6.07) is 10.4. The van der Waals surface area contributed by atoms with E-state index >= 15 is 0 Å². The third-order valence-corrected chi connectivity index (χ3v) is 4.42. The maximum Gasteiger partial charge on any atom is 0.226 e. The average Bonchev–Trinajstić information content (AvgIpc) is 2.86. The molecule has 0 saturated carbocycles. The third-order valence-electron chi connectivity index (χ3n) is 3.52. The molecule has 0 atom stereocenters. The van der Waals surface area contributed by atoms with Gasteiger partial charge < -0.3 is 10.2 Å². The van der Waals surface area contributed by atoms with Gasteiger partial charge >= 0.3 is 0 Å². The summed E-state index contributed by atoms with van der Waals surface area (Å²) in [5, 5.41) is 6.04. The van der Waals surface area contributed by atoms with Crippen LogP contribution < -0.4 is 10.2 Å². The van der Waals surface area contributed by atoms with Gasteiger partial charge in [-0.25, -0.2) is 4.98 Å². The van der Waals surface area contributed by atoms with Crippen LogP contribution in [0.5, 0.6) is 0 Å². The lowest BCUT2D eigenvalue weighted by Gasteiger charge is -2.38. The standard InChI is InChI=1S/C16H19N3OS/c1-11(2)17-15(20)13-8-19(9-13)16-18-14(10-21-16)12-6-4-3-5-7-12/h3-7,10-11,13H,8-9H2,1-2H3,(H,17,20). The molecule has 110 valence electrons. The van der Waals surface area contributed by atoms with E-state index in [0.29, 0.717) is 0 Å². The monoisotopic (exact) mass is 301 g/mol. The van der Waals surface area contributed by atoms with Gasteiger partial charge in [-0.2, -0.15) is 0 Å². The van der Waals surface area contributed by atoms with E-state index in [1.54, 1.807) is 11.3 Å². The summed E-state index contributed by atoms with van der Waals surface area (Å²) in [6.07, 6.45) is 0. The molecule has 1 saturated heterocycles. The van der Waals surface area contributed by atoms with Crippen molar-refractivity contribution in [1.82, 2.24) is 10.3 Å². The van der Waals surface area contributed by atoms with Gasteiger partial charge in [0, 0.05) is 30.1 Å². The number of thiazole rings is 1. The second kappa shape index (κ2) is 5.85. The first kappa shape index (κ1) is 14.1. The Hall–Kier alpha value is -1.88. The molecule has 4 nitrogen and oxygen atoms in total. The molecular formula is C16H19N3OS. The van der Waals surface area contributed by atoms with Gasteiger partial charge in [-0.3, -0.25) is 4.79 Å². The van der Waals surface area contributed by atoms with Crippen LogP contribution in [-0.4, -0.2) is 30.0 Å². The molecule has 21 heavy (non-hydrogen) atoms. The number of aromatic nitrogens is 1. The zero-order chi connectivity index (χ0) is 14.8. The van der Waals surface area contributed by atoms with Crippen molar-refractivity contribution in [3.8, 4) is 11.3 Å². The largest absolute Gasteiger partial charge is 0.354 e. The van der Waals surface area contributed by atoms with Crippen molar-refractivity contribution in [2.45, 2.75) is 19.9 Å². The number of benzene rings is 1. The molecule has 0 unspecified atom stereocenters. The highest BCUT2D eigenvalue weighted by molar-refractivity contribution is 7.14. The molecule has 1 aliphatic heterocycles. The number of carbonyl (C=O) groups is 1. The minimum atomic E-state index is 0.0940. The van der Waals surface area contributed by atoms with Gasteiger partial charge in [0.2, 0.25) is 5.91 Å². The maximum atomic E-state index is 11.9. The molecule has 0 radical (unpaired) electrons. The molecule has 0 aliphatic carbocycles. The first-order valence-electron chi connectivity index (χ1n) is 7.20. The van der Waals surface area contributed by atoms with E-state index in [0.717, 1.165) is 29.5 Å². The van der Waals surface area contributed by atoms with E-state index in [-0.39, 0.29) is 17.9 Å². The molecule has 0 spiro atoms. The van der Waals surface area contributed by atoms with Crippen LogP contribution in [0.3, 0.4) is 0 Å². The predicted octanol–water partition coefficient (Wildman–Crippen LogP) is 2.77. The smallest absolute Gasteiger partial charge is 0.226 e. The molecule has 1 aromatic heterocycles. The van der Waals surface area contributed by atoms with Crippen molar-refractivity contribution < 1.29 is 4.79 Å². The van der Waals surface area contributed by atoms with E-state index in [4.69, 9.17) is 0 Å². The lowest BCUT2D eigenvalue weighted by molar-refractivity contribution is -0.126. The Morgan fingerprint density at radius 3 is 2.71 bits per heavy atom. The topological polar surface area (TPSA) is 45.2 Å². The predicted molar refractivity (Wildman–Crippen MR) is 86.5 cm³/mol. The van der Waals surface area contributed by atoms with Gasteiger partial charge in [0.1, 0.15) is 0 Å². The molecule has 1 aromatic carbocycles. The van der Waals surface area contributed by atoms with E-state index < -0.39 is 0 Å². The van der Waals surface area contributed by atoms with Crippen molar-refractivity contribution >= 4 is 22.4 Å². The first-order chi connectivity index (χ1) is 10.1. The molecule has 3 rings (SSSR count). The number of carbonyl (C=O) groups excluding carboxylic acids is 1. The summed E-state index contributed by atoms with van der Waals surface area (Å²) in [5.41, 5.74) is 2.14. The number of rotatable bonds is 4. The highest BCUT2D eigenvalue weighted by Gasteiger charge is 2.34. The Morgan fingerprint density at radius 1 is 1.33 bits per heavy atom. The Morgan fingerprint density at radius 2 is 2.05 bits per heavy atom. The average molecular weight is 301 g/mol. The Balaban J connectivity index is 1.61. The third kappa shape index (κ3) is 3.08. The Bertz CT molecular complexity index is 617. The van der Waals surface area contributed by atoms with Crippen molar-refractivity contribution in [2.24, 2.45) is 5.92 Å².